The van der Waals surface area contributed by atoms with Crippen LogP contribution < -0.4 is 10.6 Å². The van der Waals surface area contributed by atoms with Gasteiger partial charge in [-0.1, -0.05) is 23.7 Å². The van der Waals surface area contributed by atoms with Gasteiger partial charge >= 0.3 is 12.0 Å². The highest BCUT2D eigenvalue weighted by molar-refractivity contribution is 6.30. The minimum atomic E-state index is -0.934. The van der Waals surface area contributed by atoms with Crippen molar-refractivity contribution >= 4 is 35.0 Å². The Hall–Kier alpha value is -2.60. The number of carboxylic acid groups (broad SMARTS) is 1. The summed E-state index contributed by atoms with van der Waals surface area (Å²) in [7, 11) is 0. The molecular formula is C15H12ClFN2O3. The number of rotatable bonds is 4. The van der Waals surface area contributed by atoms with Crippen molar-refractivity contribution < 1.29 is 19.1 Å². The molecule has 2 aromatic carbocycles. The first kappa shape index (κ1) is 15.8. The summed E-state index contributed by atoms with van der Waals surface area (Å²) in [5.41, 5.74) is 1.08. The summed E-state index contributed by atoms with van der Waals surface area (Å²) in [4.78, 5) is 22.3. The summed E-state index contributed by atoms with van der Waals surface area (Å²) in [5.74, 6) is -1.57. The van der Waals surface area contributed by atoms with Crippen LogP contribution in [0.15, 0.2) is 42.5 Å². The molecule has 0 aromatic heterocycles. The van der Waals surface area contributed by atoms with Gasteiger partial charge in [0.2, 0.25) is 0 Å². The van der Waals surface area contributed by atoms with Gasteiger partial charge < -0.3 is 15.7 Å². The number of hydrogen-bond acceptors (Lipinski definition) is 2. The van der Waals surface area contributed by atoms with Gasteiger partial charge in [-0.25, -0.2) is 9.18 Å². The lowest BCUT2D eigenvalue weighted by Crippen LogP contribution is -2.20. The average Bonchev–Trinajstić information content (AvgIpc) is 2.43. The smallest absolute Gasteiger partial charge is 0.323 e. The molecule has 0 saturated heterocycles. The molecule has 0 aliphatic carbocycles. The van der Waals surface area contributed by atoms with Crippen LogP contribution in [0.3, 0.4) is 0 Å². The number of aliphatic carboxylic acids is 1. The van der Waals surface area contributed by atoms with Crippen molar-refractivity contribution in [1.29, 1.82) is 0 Å². The highest BCUT2D eigenvalue weighted by atomic mass is 35.5. The topological polar surface area (TPSA) is 78.4 Å². The minimum absolute atomic E-state index is 0.00407. The molecule has 114 valence electrons. The quantitative estimate of drug-likeness (QED) is 0.802. The Kier molecular flexibility index (Phi) is 4.95. The first-order chi connectivity index (χ1) is 10.4. The van der Waals surface area contributed by atoms with E-state index in [-0.39, 0.29) is 17.1 Å². The second-order valence-corrected chi connectivity index (χ2v) is 4.91. The van der Waals surface area contributed by atoms with E-state index in [1.807, 2.05) is 0 Å². The van der Waals surface area contributed by atoms with Gasteiger partial charge in [-0.05, 0) is 35.9 Å². The third kappa shape index (κ3) is 4.46. The standard InChI is InChI=1S/C15H12ClFN2O3/c16-10-3-6-13(12(17)8-10)19-15(22)18-11-4-1-9(2-5-11)7-14(20)21/h1-6,8H,7H2,(H,20,21)(H2,18,19,22). The third-order valence-corrected chi connectivity index (χ3v) is 2.98. The highest BCUT2D eigenvalue weighted by Gasteiger charge is 2.08. The molecule has 0 spiro atoms. The summed E-state index contributed by atoms with van der Waals surface area (Å²) in [6.45, 7) is 0. The average molecular weight is 323 g/mol. The summed E-state index contributed by atoms with van der Waals surface area (Å²) in [5, 5.41) is 13.8. The Balaban J connectivity index is 1.98. The first-order valence-electron chi connectivity index (χ1n) is 6.28. The van der Waals surface area contributed by atoms with Gasteiger partial charge in [0.05, 0.1) is 12.1 Å². The van der Waals surface area contributed by atoms with Crippen molar-refractivity contribution in [1.82, 2.24) is 0 Å². The number of carbonyl (C=O) groups excluding carboxylic acids is 1. The maximum Gasteiger partial charge on any atom is 0.323 e. The van der Waals surface area contributed by atoms with E-state index in [2.05, 4.69) is 10.6 Å². The number of carboxylic acids is 1. The van der Waals surface area contributed by atoms with Gasteiger partial charge in [-0.2, -0.15) is 0 Å². The van der Waals surface area contributed by atoms with Crippen LogP contribution >= 0.6 is 11.6 Å². The molecule has 0 unspecified atom stereocenters. The molecule has 2 rings (SSSR count). The van der Waals surface area contributed by atoms with E-state index < -0.39 is 17.8 Å². The molecule has 5 nitrogen and oxygen atoms in total. The van der Waals surface area contributed by atoms with E-state index in [9.17, 15) is 14.0 Å². The number of hydrogen-bond donors (Lipinski definition) is 3. The lowest BCUT2D eigenvalue weighted by molar-refractivity contribution is -0.136. The Morgan fingerprint density at radius 3 is 2.36 bits per heavy atom. The van der Waals surface area contributed by atoms with Crippen LogP contribution in [0.2, 0.25) is 5.02 Å². The van der Waals surface area contributed by atoms with Gasteiger partial charge in [-0.3, -0.25) is 4.79 Å². The molecule has 0 bridgehead atoms. The number of carbonyl (C=O) groups is 2. The number of nitrogens with one attached hydrogen (secondary N) is 2. The van der Waals surface area contributed by atoms with Crippen molar-refractivity contribution in [2.45, 2.75) is 6.42 Å². The van der Waals surface area contributed by atoms with Crippen LogP contribution in [0, 0.1) is 5.82 Å². The van der Waals surface area contributed by atoms with Gasteiger partial charge in [-0.15, -0.1) is 0 Å². The van der Waals surface area contributed by atoms with Crippen molar-refractivity contribution in [2.75, 3.05) is 10.6 Å². The largest absolute Gasteiger partial charge is 0.481 e. The zero-order chi connectivity index (χ0) is 16.1. The van der Waals surface area contributed by atoms with Crippen LogP contribution in [-0.4, -0.2) is 17.1 Å². The lowest BCUT2D eigenvalue weighted by atomic mass is 10.1. The molecule has 22 heavy (non-hydrogen) atoms. The Labute approximate surface area is 130 Å². The molecule has 0 saturated carbocycles. The highest BCUT2D eigenvalue weighted by Crippen LogP contribution is 2.19. The zero-order valence-electron chi connectivity index (χ0n) is 11.3. The fourth-order valence-corrected chi connectivity index (χ4v) is 1.91. The van der Waals surface area contributed by atoms with E-state index in [4.69, 9.17) is 16.7 Å². The van der Waals surface area contributed by atoms with Gasteiger partial charge in [0, 0.05) is 10.7 Å². The summed E-state index contributed by atoms with van der Waals surface area (Å²) in [6.07, 6.45) is -0.0948. The van der Waals surface area contributed by atoms with Gasteiger partial charge in [0.1, 0.15) is 5.82 Å². The van der Waals surface area contributed by atoms with Crippen LogP contribution in [0.1, 0.15) is 5.56 Å². The maximum absolute atomic E-state index is 13.5. The zero-order valence-corrected chi connectivity index (χ0v) is 12.0. The molecule has 7 heteroatoms. The molecule has 0 heterocycles. The Morgan fingerprint density at radius 2 is 1.77 bits per heavy atom. The van der Waals surface area contributed by atoms with Crippen molar-refractivity contribution in [2.24, 2.45) is 0 Å². The van der Waals surface area contributed by atoms with E-state index in [1.54, 1.807) is 24.3 Å². The summed E-state index contributed by atoms with van der Waals surface area (Å²) >= 11 is 5.62. The molecule has 0 fully saturated rings. The fourth-order valence-electron chi connectivity index (χ4n) is 1.76. The molecule has 0 aliphatic rings. The van der Waals surface area contributed by atoms with Crippen molar-refractivity contribution in [3.63, 3.8) is 0 Å². The number of amides is 2. The molecule has 2 aromatic rings. The number of anilines is 2. The SMILES string of the molecule is O=C(O)Cc1ccc(NC(=O)Nc2ccc(Cl)cc2F)cc1. The summed E-state index contributed by atoms with van der Waals surface area (Å²) < 4.78 is 13.5. The van der Waals surface area contributed by atoms with E-state index in [0.717, 1.165) is 6.07 Å². The Morgan fingerprint density at radius 1 is 1.09 bits per heavy atom. The second-order valence-electron chi connectivity index (χ2n) is 4.47. The monoisotopic (exact) mass is 322 g/mol. The van der Waals surface area contributed by atoms with Crippen LogP contribution in [-0.2, 0) is 11.2 Å². The van der Waals surface area contributed by atoms with Crippen LogP contribution in [0.25, 0.3) is 0 Å². The van der Waals surface area contributed by atoms with Crippen molar-refractivity contribution in [3.05, 3.63) is 58.9 Å². The fraction of sp³-hybridized carbons (Fsp3) is 0.0667. The normalized spacial score (nSPS) is 10.1. The van der Waals surface area contributed by atoms with E-state index >= 15 is 0 Å². The predicted octanol–water partition coefficient (Wildman–Crippen LogP) is 3.75. The molecule has 0 aliphatic heterocycles. The molecule has 2 amide bonds. The predicted molar refractivity (Wildman–Crippen MR) is 81.8 cm³/mol. The molecule has 0 atom stereocenters. The number of benzene rings is 2. The molecule has 3 N–H and O–H groups in total. The minimum Gasteiger partial charge on any atom is -0.481 e. The molecule has 0 radical (unpaired) electrons. The molecular weight excluding hydrogens is 311 g/mol. The first-order valence-corrected chi connectivity index (χ1v) is 6.65. The lowest BCUT2D eigenvalue weighted by Gasteiger charge is -2.09. The van der Waals surface area contributed by atoms with Crippen LogP contribution in [0.5, 0.6) is 0 Å². The van der Waals surface area contributed by atoms with Gasteiger partial charge in [0.25, 0.3) is 0 Å². The van der Waals surface area contributed by atoms with E-state index in [1.165, 1.54) is 12.1 Å². The van der Waals surface area contributed by atoms with Crippen molar-refractivity contribution in [3.8, 4) is 0 Å². The van der Waals surface area contributed by atoms with E-state index in [0.29, 0.717) is 11.3 Å². The number of urea groups is 1. The second kappa shape index (κ2) is 6.91. The maximum atomic E-state index is 13.5. The Bertz CT molecular complexity index is 704. The summed E-state index contributed by atoms with van der Waals surface area (Å²) in [6, 6.07) is 9.60. The third-order valence-electron chi connectivity index (χ3n) is 2.75. The van der Waals surface area contributed by atoms with Crippen LogP contribution in [0.4, 0.5) is 20.6 Å². The number of halogens is 2. The van der Waals surface area contributed by atoms with Gasteiger partial charge in [0.15, 0.2) is 0 Å².